The Balaban J connectivity index is 1.85. The van der Waals surface area contributed by atoms with Gasteiger partial charge in [-0.1, -0.05) is 6.07 Å². The third-order valence-electron chi connectivity index (χ3n) is 3.72. The molecule has 0 bridgehead atoms. The second-order valence-corrected chi connectivity index (χ2v) is 5.07. The molecule has 4 nitrogen and oxygen atoms in total. The average Bonchev–Trinajstić information content (AvgIpc) is 2.97. The smallest absolute Gasteiger partial charge is 0.0824 e. The van der Waals surface area contributed by atoms with Gasteiger partial charge in [0, 0.05) is 17.4 Å². The lowest BCUT2D eigenvalue weighted by atomic mass is 10.0. The van der Waals surface area contributed by atoms with Gasteiger partial charge in [-0.15, -0.1) is 0 Å². The van der Waals surface area contributed by atoms with Crippen molar-refractivity contribution in [2.45, 2.75) is 26.3 Å². The van der Waals surface area contributed by atoms with Gasteiger partial charge < -0.3 is 10.7 Å². The highest BCUT2D eigenvalue weighted by Crippen LogP contribution is 2.21. The second-order valence-electron chi connectivity index (χ2n) is 5.07. The molecule has 1 atom stereocenters. The number of hydrogen-bond acceptors (Lipinski definition) is 2. The maximum Gasteiger partial charge on any atom is 0.0824 e. The van der Waals surface area contributed by atoms with Crippen molar-refractivity contribution < 1.29 is 0 Å². The Morgan fingerprint density at radius 2 is 2.11 bits per heavy atom. The van der Waals surface area contributed by atoms with E-state index < -0.39 is 0 Å². The normalized spacial score (nSPS) is 13.0. The first-order chi connectivity index (χ1) is 9.15. The van der Waals surface area contributed by atoms with Crippen LogP contribution in [-0.2, 0) is 6.42 Å². The van der Waals surface area contributed by atoms with Crippen LogP contribution in [0, 0.1) is 13.8 Å². The summed E-state index contributed by atoms with van der Waals surface area (Å²) in [4.78, 5) is 3.20. The summed E-state index contributed by atoms with van der Waals surface area (Å²) in [7, 11) is 0. The Morgan fingerprint density at radius 3 is 2.84 bits per heavy atom. The number of H-pyrrole nitrogens is 2. The molecule has 0 fully saturated rings. The molecule has 0 saturated carbocycles. The quantitative estimate of drug-likeness (QED) is 0.672. The molecule has 0 radical (unpaired) electrons. The summed E-state index contributed by atoms with van der Waals surface area (Å²) in [5.74, 6) is 0. The first kappa shape index (κ1) is 12.0. The molecule has 0 aliphatic carbocycles. The number of nitrogens with zero attached hydrogens (tertiary/aromatic N) is 1. The van der Waals surface area contributed by atoms with Gasteiger partial charge >= 0.3 is 0 Å². The first-order valence-corrected chi connectivity index (χ1v) is 6.48. The van der Waals surface area contributed by atoms with Crippen molar-refractivity contribution >= 4 is 10.9 Å². The van der Waals surface area contributed by atoms with E-state index >= 15 is 0 Å². The number of fused-ring (bicyclic) bond motifs is 1. The Kier molecular flexibility index (Phi) is 2.87. The molecule has 19 heavy (non-hydrogen) atoms. The molecule has 0 spiro atoms. The minimum Gasteiger partial charge on any atom is -0.361 e. The zero-order valence-electron chi connectivity index (χ0n) is 11.2. The van der Waals surface area contributed by atoms with E-state index in [2.05, 4.69) is 46.4 Å². The van der Waals surface area contributed by atoms with Gasteiger partial charge in [0.15, 0.2) is 0 Å². The molecular weight excluding hydrogens is 236 g/mol. The number of hydrogen-bond donors (Lipinski definition) is 3. The molecule has 0 aliphatic rings. The number of nitrogens with two attached hydrogens (primary N) is 1. The van der Waals surface area contributed by atoms with Crippen molar-refractivity contribution in [2.24, 2.45) is 5.73 Å². The lowest BCUT2D eigenvalue weighted by Gasteiger charge is -2.10. The molecule has 4 heteroatoms. The summed E-state index contributed by atoms with van der Waals surface area (Å²) < 4.78 is 0. The third kappa shape index (κ3) is 2.15. The van der Waals surface area contributed by atoms with Gasteiger partial charge in [-0.2, -0.15) is 5.10 Å². The second kappa shape index (κ2) is 4.55. The lowest BCUT2D eigenvalue weighted by molar-refractivity contribution is 0.688. The van der Waals surface area contributed by atoms with E-state index in [9.17, 15) is 0 Å². The van der Waals surface area contributed by atoms with Crippen molar-refractivity contribution in [3.8, 4) is 0 Å². The number of aryl methyl sites for hydroxylation is 1. The van der Waals surface area contributed by atoms with Crippen LogP contribution in [0.1, 0.15) is 28.6 Å². The van der Waals surface area contributed by atoms with Gasteiger partial charge in [0.05, 0.1) is 11.7 Å². The van der Waals surface area contributed by atoms with Crippen molar-refractivity contribution in [2.75, 3.05) is 0 Å². The largest absolute Gasteiger partial charge is 0.361 e. The van der Waals surface area contributed by atoms with E-state index in [0.29, 0.717) is 0 Å². The van der Waals surface area contributed by atoms with Crippen molar-refractivity contribution in [3.05, 3.63) is 53.0 Å². The van der Waals surface area contributed by atoms with Crippen LogP contribution in [0.15, 0.2) is 30.5 Å². The topological polar surface area (TPSA) is 70.5 Å². The van der Waals surface area contributed by atoms with Gasteiger partial charge in [0.1, 0.15) is 0 Å². The third-order valence-corrected chi connectivity index (χ3v) is 3.72. The molecule has 3 rings (SSSR count). The van der Waals surface area contributed by atoms with Crippen molar-refractivity contribution in [3.63, 3.8) is 0 Å². The van der Waals surface area contributed by atoms with Crippen LogP contribution >= 0.6 is 0 Å². The van der Waals surface area contributed by atoms with Crippen molar-refractivity contribution in [1.29, 1.82) is 0 Å². The molecule has 2 aromatic heterocycles. The van der Waals surface area contributed by atoms with E-state index in [1.807, 2.05) is 13.1 Å². The predicted molar refractivity (Wildman–Crippen MR) is 77.0 cm³/mol. The number of nitrogens with one attached hydrogen (secondary N) is 2. The van der Waals surface area contributed by atoms with Gasteiger partial charge in [0.2, 0.25) is 0 Å². The highest BCUT2D eigenvalue weighted by molar-refractivity contribution is 5.79. The summed E-state index contributed by atoms with van der Waals surface area (Å²) in [6, 6.07) is 8.41. The van der Waals surface area contributed by atoms with Crippen LogP contribution in [0.25, 0.3) is 10.9 Å². The molecule has 3 aromatic rings. The molecule has 1 unspecified atom stereocenters. The Hall–Kier alpha value is -2.07. The molecule has 0 aliphatic heterocycles. The molecule has 1 aromatic carbocycles. The van der Waals surface area contributed by atoms with E-state index in [1.54, 1.807) is 0 Å². The fourth-order valence-electron chi connectivity index (χ4n) is 2.45. The van der Waals surface area contributed by atoms with Crippen LogP contribution in [0.3, 0.4) is 0 Å². The number of rotatable bonds is 3. The van der Waals surface area contributed by atoms with Crippen LogP contribution in [0.2, 0.25) is 0 Å². The first-order valence-electron chi connectivity index (χ1n) is 6.48. The predicted octanol–water partition coefficient (Wildman–Crippen LogP) is 2.75. The van der Waals surface area contributed by atoms with E-state index in [4.69, 9.17) is 5.73 Å². The Labute approximate surface area is 112 Å². The highest BCUT2D eigenvalue weighted by atomic mass is 15.1. The minimum atomic E-state index is -0.0682. The SMILES string of the molecule is Cc1[nH]nc(C(N)Cc2ccc3[nH]ccc3c2)c1C. The number of benzene rings is 1. The number of aromatic nitrogens is 3. The molecule has 0 saturated heterocycles. The summed E-state index contributed by atoms with van der Waals surface area (Å²) in [5, 5.41) is 8.52. The number of aromatic amines is 2. The van der Waals surface area contributed by atoms with E-state index in [-0.39, 0.29) is 6.04 Å². The van der Waals surface area contributed by atoms with Crippen LogP contribution < -0.4 is 5.73 Å². The molecule has 98 valence electrons. The molecule has 0 amide bonds. The molecule has 4 N–H and O–H groups in total. The summed E-state index contributed by atoms with van der Waals surface area (Å²) in [6.45, 7) is 4.08. The van der Waals surface area contributed by atoms with E-state index in [1.165, 1.54) is 10.9 Å². The van der Waals surface area contributed by atoms with Gasteiger partial charge in [-0.25, -0.2) is 0 Å². The maximum absolute atomic E-state index is 6.27. The Bertz CT molecular complexity index is 708. The minimum absolute atomic E-state index is 0.0682. The average molecular weight is 254 g/mol. The zero-order valence-corrected chi connectivity index (χ0v) is 11.2. The van der Waals surface area contributed by atoms with Crippen LogP contribution in [0.4, 0.5) is 0 Å². The standard InChI is InChI=1S/C15H18N4/c1-9-10(2)18-19-15(9)13(16)8-11-3-4-14-12(7-11)5-6-17-14/h3-7,13,17H,8,16H2,1-2H3,(H,18,19). The van der Waals surface area contributed by atoms with Gasteiger partial charge in [0.25, 0.3) is 0 Å². The lowest BCUT2D eigenvalue weighted by Crippen LogP contribution is -2.15. The van der Waals surface area contributed by atoms with Crippen LogP contribution in [-0.4, -0.2) is 15.2 Å². The van der Waals surface area contributed by atoms with Gasteiger partial charge in [-0.3, -0.25) is 5.10 Å². The molecular formula is C15H18N4. The summed E-state index contributed by atoms with van der Waals surface area (Å²) in [6.07, 6.45) is 2.75. The maximum atomic E-state index is 6.27. The summed E-state index contributed by atoms with van der Waals surface area (Å²) in [5.41, 5.74) is 11.9. The fraction of sp³-hybridized carbons (Fsp3) is 0.267. The van der Waals surface area contributed by atoms with Crippen LogP contribution in [0.5, 0.6) is 0 Å². The van der Waals surface area contributed by atoms with Crippen molar-refractivity contribution in [1.82, 2.24) is 15.2 Å². The summed E-state index contributed by atoms with van der Waals surface area (Å²) >= 11 is 0. The van der Waals surface area contributed by atoms with Gasteiger partial charge in [-0.05, 0) is 55.0 Å². The zero-order chi connectivity index (χ0) is 13.4. The van der Waals surface area contributed by atoms with E-state index in [0.717, 1.165) is 28.9 Å². The molecule has 2 heterocycles. The fourth-order valence-corrected chi connectivity index (χ4v) is 2.45. The monoisotopic (exact) mass is 254 g/mol. The highest BCUT2D eigenvalue weighted by Gasteiger charge is 2.14. The Morgan fingerprint density at radius 1 is 1.26 bits per heavy atom.